The number of ketones is 1. The number of carbonyl (C=O) groups is 1. The molecule has 0 radical (unpaired) electrons. The molecule has 3 rings (SSSR count). The number of hydrogen-bond donors (Lipinski definition) is 0. The fourth-order valence-electron chi connectivity index (χ4n) is 2.19. The Labute approximate surface area is 120 Å². The first kappa shape index (κ1) is 12.5. The van der Waals surface area contributed by atoms with E-state index < -0.39 is 0 Å². The Bertz CT molecular complexity index is 648. The molecule has 1 heterocycles. The SMILES string of the molecule is O=C(c1ccc(Cl)cc1)c1cc(Cl)cc2c1OCC2. The van der Waals surface area contributed by atoms with Gasteiger partial charge in [-0.15, -0.1) is 0 Å². The lowest BCUT2D eigenvalue weighted by molar-refractivity contribution is 0.103. The summed E-state index contributed by atoms with van der Waals surface area (Å²) in [4.78, 5) is 12.5. The molecule has 0 saturated heterocycles. The lowest BCUT2D eigenvalue weighted by Crippen LogP contribution is -2.03. The predicted molar refractivity (Wildman–Crippen MR) is 75.5 cm³/mol. The van der Waals surface area contributed by atoms with Crippen molar-refractivity contribution >= 4 is 29.0 Å². The second-order valence-corrected chi connectivity index (χ2v) is 5.25. The molecule has 0 saturated carbocycles. The number of benzene rings is 2. The fraction of sp³-hybridized carbons (Fsp3) is 0.133. The Balaban J connectivity index is 2.07. The topological polar surface area (TPSA) is 26.3 Å². The van der Waals surface area contributed by atoms with E-state index in [2.05, 4.69) is 0 Å². The van der Waals surface area contributed by atoms with E-state index in [0.717, 1.165) is 12.0 Å². The van der Waals surface area contributed by atoms with Gasteiger partial charge in [0.15, 0.2) is 5.78 Å². The highest BCUT2D eigenvalue weighted by Crippen LogP contribution is 2.34. The van der Waals surface area contributed by atoms with Crippen LogP contribution in [0, 0.1) is 0 Å². The van der Waals surface area contributed by atoms with Crippen molar-refractivity contribution in [1.29, 1.82) is 0 Å². The molecule has 0 amide bonds. The van der Waals surface area contributed by atoms with E-state index >= 15 is 0 Å². The Kier molecular flexibility index (Phi) is 3.21. The fourth-order valence-corrected chi connectivity index (χ4v) is 2.56. The average Bonchev–Trinajstić information content (AvgIpc) is 2.85. The van der Waals surface area contributed by atoms with Crippen molar-refractivity contribution in [3.63, 3.8) is 0 Å². The van der Waals surface area contributed by atoms with Gasteiger partial charge < -0.3 is 4.74 Å². The van der Waals surface area contributed by atoms with Crippen molar-refractivity contribution < 1.29 is 9.53 Å². The monoisotopic (exact) mass is 292 g/mol. The first-order valence-corrected chi connectivity index (χ1v) is 6.66. The molecular weight excluding hydrogens is 283 g/mol. The van der Waals surface area contributed by atoms with Gasteiger partial charge in [-0.1, -0.05) is 23.2 Å². The number of fused-ring (bicyclic) bond motifs is 1. The summed E-state index contributed by atoms with van der Waals surface area (Å²) < 4.78 is 5.55. The lowest BCUT2D eigenvalue weighted by Gasteiger charge is -2.08. The molecule has 0 atom stereocenters. The largest absolute Gasteiger partial charge is 0.492 e. The van der Waals surface area contributed by atoms with E-state index in [1.807, 2.05) is 6.07 Å². The molecule has 0 N–H and O–H groups in total. The molecule has 2 aromatic rings. The Morgan fingerprint density at radius 2 is 1.79 bits per heavy atom. The lowest BCUT2D eigenvalue weighted by atomic mass is 10.00. The summed E-state index contributed by atoms with van der Waals surface area (Å²) in [6, 6.07) is 10.3. The van der Waals surface area contributed by atoms with Crippen LogP contribution in [-0.4, -0.2) is 12.4 Å². The third kappa shape index (κ3) is 2.34. The van der Waals surface area contributed by atoms with E-state index in [4.69, 9.17) is 27.9 Å². The van der Waals surface area contributed by atoms with Crippen molar-refractivity contribution in [1.82, 2.24) is 0 Å². The smallest absolute Gasteiger partial charge is 0.196 e. The molecule has 2 nitrogen and oxygen atoms in total. The molecule has 4 heteroatoms. The molecule has 19 heavy (non-hydrogen) atoms. The van der Waals surface area contributed by atoms with Crippen LogP contribution in [0.5, 0.6) is 5.75 Å². The van der Waals surface area contributed by atoms with E-state index in [1.54, 1.807) is 30.3 Å². The normalized spacial score (nSPS) is 12.9. The number of rotatable bonds is 2. The number of hydrogen-bond acceptors (Lipinski definition) is 2. The molecule has 0 aromatic heterocycles. The molecule has 96 valence electrons. The standard InChI is InChI=1S/C15H10Cl2O2/c16-11-3-1-9(2-4-11)14(18)13-8-12(17)7-10-5-6-19-15(10)13/h1-4,7-8H,5-6H2. The number of ether oxygens (including phenoxy) is 1. The minimum atomic E-state index is -0.0997. The summed E-state index contributed by atoms with van der Waals surface area (Å²) in [5, 5.41) is 1.16. The average molecular weight is 293 g/mol. The number of halogens is 2. The van der Waals surface area contributed by atoms with Gasteiger partial charge in [-0.25, -0.2) is 0 Å². The van der Waals surface area contributed by atoms with Crippen LogP contribution in [0.15, 0.2) is 36.4 Å². The highest BCUT2D eigenvalue weighted by molar-refractivity contribution is 6.31. The third-order valence-corrected chi connectivity index (χ3v) is 3.57. The van der Waals surface area contributed by atoms with Gasteiger partial charge >= 0.3 is 0 Å². The Morgan fingerprint density at radius 3 is 2.53 bits per heavy atom. The van der Waals surface area contributed by atoms with E-state index in [-0.39, 0.29) is 5.78 Å². The van der Waals surface area contributed by atoms with Crippen LogP contribution < -0.4 is 4.74 Å². The molecule has 2 aromatic carbocycles. The Hall–Kier alpha value is -1.51. The summed E-state index contributed by atoms with van der Waals surface area (Å²) >= 11 is 11.9. The first-order valence-electron chi connectivity index (χ1n) is 5.90. The molecular formula is C15H10Cl2O2. The highest BCUT2D eigenvalue weighted by atomic mass is 35.5. The molecule has 1 aliphatic heterocycles. The number of carbonyl (C=O) groups excluding carboxylic acids is 1. The van der Waals surface area contributed by atoms with Gasteiger partial charge in [0.05, 0.1) is 12.2 Å². The van der Waals surface area contributed by atoms with Crippen molar-refractivity contribution in [2.75, 3.05) is 6.61 Å². The van der Waals surface area contributed by atoms with Crippen LogP contribution >= 0.6 is 23.2 Å². The summed E-state index contributed by atoms with van der Waals surface area (Å²) in [5.74, 6) is 0.557. The van der Waals surface area contributed by atoms with E-state index in [1.165, 1.54) is 0 Å². The zero-order chi connectivity index (χ0) is 13.4. The van der Waals surface area contributed by atoms with Crippen LogP contribution in [0.2, 0.25) is 10.0 Å². The van der Waals surface area contributed by atoms with Crippen LogP contribution in [0.25, 0.3) is 0 Å². The van der Waals surface area contributed by atoms with Crippen molar-refractivity contribution in [3.8, 4) is 5.75 Å². The van der Waals surface area contributed by atoms with Crippen molar-refractivity contribution in [2.45, 2.75) is 6.42 Å². The van der Waals surface area contributed by atoms with Crippen LogP contribution in [0.1, 0.15) is 21.5 Å². The van der Waals surface area contributed by atoms with E-state index in [9.17, 15) is 4.79 Å². The van der Waals surface area contributed by atoms with Gasteiger partial charge in [0.1, 0.15) is 5.75 Å². The van der Waals surface area contributed by atoms with Crippen LogP contribution in [0.4, 0.5) is 0 Å². The summed E-state index contributed by atoms with van der Waals surface area (Å²) in [5.41, 5.74) is 2.08. The van der Waals surface area contributed by atoms with Gasteiger partial charge in [0.2, 0.25) is 0 Å². The molecule has 1 aliphatic rings. The maximum atomic E-state index is 12.5. The zero-order valence-corrected chi connectivity index (χ0v) is 11.5. The molecule has 0 fully saturated rings. The van der Waals surface area contributed by atoms with Gasteiger partial charge in [0, 0.05) is 22.0 Å². The third-order valence-electron chi connectivity index (χ3n) is 3.10. The van der Waals surface area contributed by atoms with Gasteiger partial charge in [0.25, 0.3) is 0 Å². The van der Waals surface area contributed by atoms with Crippen molar-refractivity contribution in [2.24, 2.45) is 0 Å². The zero-order valence-electron chi connectivity index (χ0n) is 9.95. The molecule has 0 bridgehead atoms. The second kappa shape index (κ2) is 4.87. The minimum absolute atomic E-state index is 0.0997. The predicted octanol–water partition coefficient (Wildman–Crippen LogP) is 4.16. The summed E-state index contributed by atoms with van der Waals surface area (Å²) in [6.45, 7) is 0.594. The first-order chi connectivity index (χ1) is 9.15. The second-order valence-electron chi connectivity index (χ2n) is 4.38. The maximum Gasteiger partial charge on any atom is 0.196 e. The molecule has 0 unspecified atom stereocenters. The van der Waals surface area contributed by atoms with Gasteiger partial charge in [-0.3, -0.25) is 4.79 Å². The molecule has 0 spiro atoms. The van der Waals surface area contributed by atoms with Crippen LogP contribution in [0.3, 0.4) is 0 Å². The summed E-state index contributed by atoms with van der Waals surface area (Å²) in [6.07, 6.45) is 0.788. The Morgan fingerprint density at radius 1 is 1.05 bits per heavy atom. The van der Waals surface area contributed by atoms with Crippen molar-refractivity contribution in [3.05, 3.63) is 63.1 Å². The maximum absolute atomic E-state index is 12.5. The highest BCUT2D eigenvalue weighted by Gasteiger charge is 2.22. The van der Waals surface area contributed by atoms with Crippen LogP contribution in [-0.2, 0) is 6.42 Å². The van der Waals surface area contributed by atoms with Gasteiger partial charge in [-0.2, -0.15) is 0 Å². The van der Waals surface area contributed by atoms with Gasteiger partial charge in [-0.05, 0) is 42.0 Å². The quantitative estimate of drug-likeness (QED) is 0.777. The minimum Gasteiger partial charge on any atom is -0.492 e. The van der Waals surface area contributed by atoms with E-state index in [0.29, 0.717) is 33.5 Å². The summed E-state index contributed by atoms with van der Waals surface area (Å²) in [7, 11) is 0. The molecule has 0 aliphatic carbocycles.